The van der Waals surface area contributed by atoms with Gasteiger partial charge in [0.15, 0.2) is 0 Å². The van der Waals surface area contributed by atoms with Gasteiger partial charge in [-0.15, -0.1) is 0 Å². The number of piperidine rings is 3. The Morgan fingerprint density at radius 1 is 1.21 bits per heavy atom. The topological polar surface area (TPSA) is 49.8 Å². The first-order chi connectivity index (χ1) is 11.7. The van der Waals surface area contributed by atoms with Crippen LogP contribution in [-0.4, -0.2) is 41.7 Å². The lowest BCUT2D eigenvalue weighted by atomic mass is 9.84. The van der Waals surface area contributed by atoms with Crippen molar-refractivity contribution in [1.82, 2.24) is 4.90 Å². The van der Waals surface area contributed by atoms with Crippen molar-refractivity contribution in [3.63, 3.8) is 0 Å². The third-order valence-electron chi connectivity index (χ3n) is 5.85. The molecule has 0 amide bonds. The highest BCUT2D eigenvalue weighted by Gasteiger charge is 2.46. The molecule has 0 radical (unpaired) electrons. The molecule has 4 heteroatoms. The summed E-state index contributed by atoms with van der Waals surface area (Å²) in [5.74, 6) is -0.0582. The van der Waals surface area contributed by atoms with E-state index in [1.54, 1.807) is 0 Å². The summed E-state index contributed by atoms with van der Waals surface area (Å²) in [6.45, 7) is 3.01. The average molecular weight is 327 g/mol. The first-order valence-corrected chi connectivity index (χ1v) is 9.09. The Bertz CT molecular complexity index is 634. The van der Waals surface area contributed by atoms with Crippen LogP contribution >= 0.6 is 0 Å². The summed E-state index contributed by atoms with van der Waals surface area (Å²) in [4.78, 5) is 15.4. The van der Waals surface area contributed by atoms with Gasteiger partial charge in [0.1, 0.15) is 6.10 Å². The highest BCUT2D eigenvalue weighted by atomic mass is 16.6. The maximum absolute atomic E-state index is 13.1. The fourth-order valence-electron chi connectivity index (χ4n) is 4.38. The van der Waals surface area contributed by atoms with Crippen LogP contribution in [0.3, 0.4) is 0 Å². The van der Waals surface area contributed by atoms with Crippen LogP contribution in [0.25, 0.3) is 0 Å². The summed E-state index contributed by atoms with van der Waals surface area (Å²) in [7, 11) is 0. The van der Waals surface area contributed by atoms with Gasteiger partial charge in [0, 0.05) is 6.54 Å². The standard InChI is InChI=1S/C20H25NO3/c22-19(24-18-14-21-12-10-15(18)11-13-21)20(23,17-8-4-5-9-17)16-6-2-1-3-7-16/h1-3,6-8,15,18,23H,4-5,9-14H2/t18-,20+/m1/s1. The molecule has 1 aromatic carbocycles. The monoisotopic (exact) mass is 327 g/mol. The van der Waals surface area contributed by atoms with Crippen LogP contribution in [0.1, 0.15) is 37.7 Å². The number of hydrogen-bond acceptors (Lipinski definition) is 4. The number of hydrogen-bond donors (Lipinski definition) is 1. The van der Waals surface area contributed by atoms with Crippen LogP contribution in [0.4, 0.5) is 0 Å². The van der Waals surface area contributed by atoms with E-state index in [0.29, 0.717) is 11.5 Å². The van der Waals surface area contributed by atoms with Crippen molar-refractivity contribution in [2.45, 2.75) is 43.8 Å². The lowest BCUT2D eigenvalue weighted by molar-refractivity contribution is -0.177. The molecule has 1 aliphatic carbocycles. The average Bonchev–Trinajstić information content (AvgIpc) is 3.18. The SMILES string of the molecule is O=C(O[C@@H]1CN2CCC1CC2)[C@@](O)(C1=CCCC1)c1ccccc1. The first kappa shape index (κ1) is 15.9. The quantitative estimate of drug-likeness (QED) is 0.682. The number of aliphatic hydroxyl groups is 1. The van der Waals surface area contributed by atoms with Gasteiger partial charge in [-0.3, -0.25) is 4.90 Å². The second kappa shape index (κ2) is 6.34. The largest absolute Gasteiger partial charge is 0.458 e. The van der Waals surface area contributed by atoms with E-state index in [0.717, 1.165) is 57.3 Å². The van der Waals surface area contributed by atoms with Gasteiger partial charge in [-0.2, -0.15) is 0 Å². The summed E-state index contributed by atoms with van der Waals surface area (Å²) < 4.78 is 5.89. The van der Waals surface area contributed by atoms with Gasteiger partial charge in [-0.25, -0.2) is 4.79 Å². The fraction of sp³-hybridized carbons (Fsp3) is 0.550. The smallest absolute Gasteiger partial charge is 0.347 e. The van der Waals surface area contributed by atoms with E-state index in [2.05, 4.69) is 4.90 Å². The summed E-state index contributed by atoms with van der Waals surface area (Å²) in [6.07, 6.45) is 6.74. The zero-order valence-corrected chi connectivity index (χ0v) is 14.0. The van der Waals surface area contributed by atoms with E-state index in [4.69, 9.17) is 4.74 Å². The minimum absolute atomic E-state index is 0.0859. The van der Waals surface area contributed by atoms with Crippen LogP contribution < -0.4 is 0 Å². The molecule has 1 N–H and O–H groups in total. The van der Waals surface area contributed by atoms with Crippen LogP contribution in [-0.2, 0) is 15.1 Å². The molecule has 24 heavy (non-hydrogen) atoms. The molecule has 0 aromatic heterocycles. The van der Waals surface area contributed by atoms with Crippen molar-refractivity contribution in [2.24, 2.45) is 5.92 Å². The van der Waals surface area contributed by atoms with Gasteiger partial charge in [0.25, 0.3) is 0 Å². The Labute approximate surface area is 143 Å². The molecular weight excluding hydrogens is 302 g/mol. The minimum atomic E-state index is -1.64. The van der Waals surface area contributed by atoms with Crippen LogP contribution in [0.15, 0.2) is 42.0 Å². The number of ether oxygens (including phenoxy) is 1. The third-order valence-corrected chi connectivity index (χ3v) is 5.85. The minimum Gasteiger partial charge on any atom is -0.458 e. The molecule has 4 nitrogen and oxygen atoms in total. The maximum atomic E-state index is 13.1. The van der Waals surface area contributed by atoms with Crippen molar-refractivity contribution in [3.05, 3.63) is 47.5 Å². The number of allylic oxidation sites excluding steroid dienone is 1. The number of esters is 1. The van der Waals surface area contributed by atoms with E-state index < -0.39 is 11.6 Å². The van der Waals surface area contributed by atoms with Gasteiger partial charge in [0.05, 0.1) is 0 Å². The normalized spacial score (nSPS) is 31.4. The zero-order valence-electron chi connectivity index (χ0n) is 14.0. The van der Waals surface area contributed by atoms with E-state index in [-0.39, 0.29) is 6.10 Å². The molecule has 128 valence electrons. The predicted octanol–water partition coefficient (Wildman–Crippen LogP) is 2.62. The molecule has 3 saturated heterocycles. The van der Waals surface area contributed by atoms with Crippen molar-refractivity contribution < 1.29 is 14.6 Å². The maximum Gasteiger partial charge on any atom is 0.347 e. The molecule has 3 heterocycles. The van der Waals surface area contributed by atoms with Gasteiger partial charge >= 0.3 is 5.97 Å². The Morgan fingerprint density at radius 2 is 1.96 bits per heavy atom. The Morgan fingerprint density at radius 3 is 2.54 bits per heavy atom. The zero-order chi connectivity index (χ0) is 16.6. The highest BCUT2D eigenvalue weighted by molar-refractivity contribution is 5.85. The molecule has 5 rings (SSSR count). The Kier molecular flexibility index (Phi) is 4.19. The molecule has 3 aliphatic heterocycles. The van der Waals surface area contributed by atoms with E-state index >= 15 is 0 Å². The van der Waals surface area contributed by atoms with Crippen LogP contribution in [0.2, 0.25) is 0 Å². The number of fused-ring (bicyclic) bond motifs is 3. The molecule has 2 atom stereocenters. The van der Waals surface area contributed by atoms with E-state index in [1.165, 1.54) is 0 Å². The van der Waals surface area contributed by atoms with Crippen molar-refractivity contribution >= 4 is 5.97 Å². The summed E-state index contributed by atoms with van der Waals surface area (Å²) in [6, 6.07) is 9.24. The number of rotatable bonds is 4. The molecule has 0 spiro atoms. The Balaban J connectivity index is 1.60. The van der Waals surface area contributed by atoms with Gasteiger partial charge in [-0.1, -0.05) is 36.4 Å². The molecular formula is C20H25NO3. The van der Waals surface area contributed by atoms with Crippen molar-refractivity contribution in [1.29, 1.82) is 0 Å². The van der Waals surface area contributed by atoms with Crippen LogP contribution in [0.5, 0.6) is 0 Å². The number of carbonyl (C=O) groups excluding carboxylic acids is 1. The molecule has 4 aliphatic rings. The number of benzene rings is 1. The molecule has 0 saturated carbocycles. The second-order valence-corrected chi connectivity index (χ2v) is 7.28. The highest BCUT2D eigenvalue weighted by Crippen LogP contribution is 2.39. The summed E-state index contributed by atoms with van der Waals surface area (Å²) in [5.41, 5.74) is -0.228. The van der Waals surface area contributed by atoms with E-state index in [1.807, 2.05) is 36.4 Å². The Hall–Kier alpha value is -1.65. The number of nitrogens with zero attached hydrogens (tertiary/aromatic N) is 1. The van der Waals surface area contributed by atoms with Gasteiger partial charge < -0.3 is 9.84 Å². The van der Waals surface area contributed by atoms with Gasteiger partial charge in [0.2, 0.25) is 5.60 Å². The van der Waals surface area contributed by atoms with Crippen LogP contribution in [0, 0.1) is 5.92 Å². The van der Waals surface area contributed by atoms with Crippen molar-refractivity contribution in [3.8, 4) is 0 Å². The predicted molar refractivity (Wildman–Crippen MR) is 91.3 cm³/mol. The number of carbonyl (C=O) groups is 1. The first-order valence-electron chi connectivity index (χ1n) is 9.09. The summed E-state index contributed by atoms with van der Waals surface area (Å²) in [5, 5.41) is 11.4. The molecule has 0 unspecified atom stereocenters. The molecule has 2 bridgehead atoms. The van der Waals surface area contributed by atoms with E-state index in [9.17, 15) is 9.90 Å². The lowest BCUT2D eigenvalue weighted by Gasteiger charge is -2.44. The van der Waals surface area contributed by atoms with Crippen molar-refractivity contribution in [2.75, 3.05) is 19.6 Å². The second-order valence-electron chi connectivity index (χ2n) is 7.28. The third kappa shape index (κ3) is 2.68. The lowest BCUT2D eigenvalue weighted by Crippen LogP contribution is -2.53. The summed E-state index contributed by atoms with van der Waals surface area (Å²) >= 11 is 0. The molecule has 3 fully saturated rings. The fourth-order valence-corrected chi connectivity index (χ4v) is 4.38. The van der Waals surface area contributed by atoms with Gasteiger partial charge in [-0.05, 0) is 62.2 Å². The molecule has 1 aromatic rings.